The van der Waals surface area contributed by atoms with Crippen molar-refractivity contribution in [3.63, 3.8) is 0 Å². The molecule has 0 atom stereocenters. The first-order valence-corrected chi connectivity index (χ1v) is 22.1. The Morgan fingerprint density at radius 1 is 0.290 bits per heavy atom. The van der Waals surface area contributed by atoms with Crippen LogP contribution in [0.1, 0.15) is 72.2 Å². The van der Waals surface area contributed by atoms with Gasteiger partial charge in [-0.1, -0.05) is 198 Å². The second-order valence-electron chi connectivity index (χ2n) is 18.8. The molecule has 0 fully saturated rings. The molecule has 0 saturated carbocycles. The van der Waals surface area contributed by atoms with Crippen molar-refractivity contribution in [2.45, 2.75) is 43.9 Å². The molecule has 0 amide bonds. The summed E-state index contributed by atoms with van der Waals surface area (Å²) in [5.74, 6) is 0. The molecular formula is C61H45N. The molecule has 0 aromatic heterocycles. The van der Waals surface area contributed by atoms with E-state index >= 15 is 0 Å². The van der Waals surface area contributed by atoms with Gasteiger partial charge in [-0.25, -0.2) is 0 Å². The zero-order chi connectivity index (χ0) is 41.5. The molecule has 9 aromatic carbocycles. The van der Waals surface area contributed by atoms with Gasteiger partial charge in [0.25, 0.3) is 0 Å². The maximum absolute atomic E-state index is 2.60. The van der Waals surface area contributed by atoms with Crippen molar-refractivity contribution >= 4 is 17.1 Å². The van der Waals surface area contributed by atoms with E-state index in [1.807, 2.05) is 0 Å². The molecular weight excluding hydrogens is 747 g/mol. The van der Waals surface area contributed by atoms with Gasteiger partial charge in [-0.3, -0.25) is 0 Å². The Bertz CT molecular complexity index is 3320. The highest BCUT2D eigenvalue weighted by atomic mass is 15.1. The molecule has 62 heavy (non-hydrogen) atoms. The monoisotopic (exact) mass is 791 g/mol. The zero-order valence-corrected chi connectivity index (χ0v) is 35.5. The number of hydrogen-bond donors (Lipinski definition) is 0. The number of hydrogen-bond acceptors (Lipinski definition) is 1. The lowest BCUT2D eigenvalue weighted by Crippen LogP contribution is -2.26. The Morgan fingerprint density at radius 2 is 0.742 bits per heavy atom. The minimum Gasteiger partial charge on any atom is -0.310 e. The second kappa shape index (κ2) is 12.4. The molecule has 0 aliphatic heterocycles. The molecule has 294 valence electrons. The third-order valence-corrected chi connectivity index (χ3v) is 15.1. The van der Waals surface area contributed by atoms with E-state index < -0.39 is 5.41 Å². The molecule has 9 aromatic rings. The van der Waals surface area contributed by atoms with Gasteiger partial charge in [0.15, 0.2) is 0 Å². The Hall–Kier alpha value is -7.22. The normalized spacial score (nSPS) is 15.5. The van der Waals surface area contributed by atoms with Crippen molar-refractivity contribution in [3.8, 4) is 55.6 Å². The van der Waals surface area contributed by atoms with Crippen LogP contribution >= 0.6 is 0 Å². The fraction of sp³-hybridized carbons (Fsp3) is 0.115. The van der Waals surface area contributed by atoms with Gasteiger partial charge in [0, 0.05) is 27.8 Å². The summed E-state index contributed by atoms with van der Waals surface area (Å²) in [4.78, 5) is 2.60. The average molecular weight is 792 g/mol. The highest BCUT2D eigenvalue weighted by molar-refractivity contribution is 6.03. The quantitative estimate of drug-likeness (QED) is 0.172. The van der Waals surface area contributed by atoms with E-state index in [0.29, 0.717) is 0 Å². The van der Waals surface area contributed by atoms with Crippen LogP contribution in [0.2, 0.25) is 0 Å². The maximum atomic E-state index is 2.60. The van der Waals surface area contributed by atoms with Crippen molar-refractivity contribution in [1.82, 2.24) is 0 Å². The number of fused-ring (bicyclic) bond motifs is 16. The third kappa shape index (κ3) is 4.43. The molecule has 4 aliphatic carbocycles. The molecule has 0 radical (unpaired) electrons. The van der Waals surface area contributed by atoms with Crippen LogP contribution in [-0.2, 0) is 16.2 Å². The Labute approximate surface area is 364 Å². The predicted molar refractivity (Wildman–Crippen MR) is 258 cm³/mol. The van der Waals surface area contributed by atoms with Crippen LogP contribution in [0.15, 0.2) is 200 Å². The molecule has 0 bridgehead atoms. The van der Waals surface area contributed by atoms with Gasteiger partial charge in [-0.2, -0.15) is 0 Å². The van der Waals surface area contributed by atoms with Crippen molar-refractivity contribution in [1.29, 1.82) is 0 Å². The summed E-state index contributed by atoms with van der Waals surface area (Å²) in [6.45, 7) is 9.60. The van der Waals surface area contributed by atoms with E-state index in [9.17, 15) is 0 Å². The first-order valence-electron chi connectivity index (χ1n) is 22.1. The topological polar surface area (TPSA) is 3.24 Å². The summed E-state index contributed by atoms with van der Waals surface area (Å²) >= 11 is 0. The standard InChI is InChI=1S/C61H45N/c1-59(2)48-26-13-8-21-41(48)44-34-33-39(36-54(44)59)62(40-35-47(38-19-6-5-7-20-38)57-45-24-11-14-27-49(45)60(3,4)55(57)37-40)56-32-18-31-53-58(56)46-25-12-17-30-52(46)61(53)50-28-15-9-22-42(50)43-23-10-16-29-51(43)61/h5-37H,1-4H3. The lowest BCUT2D eigenvalue weighted by molar-refractivity contribution is 0.660. The molecule has 4 aliphatic rings. The summed E-state index contributed by atoms with van der Waals surface area (Å²) in [6.07, 6.45) is 0. The summed E-state index contributed by atoms with van der Waals surface area (Å²) < 4.78 is 0. The van der Waals surface area contributed by atoms with Crippen LogP contribution in [-0.4, -0.2) is 0 Å². The number of anilines is 3. The van der Waals surface area contributed by atoms with Gasteiger partial charge in [0.05, 0.1) is 11.1 Å². The summed E-state index contributed by atoms with van der Waals surface area (Å²) in [7, 11) is 0. The van der Waals surface area contributed by atoms with Crippen molar-refractivity contribution in [3.05, 3.63) is 245 Å². The van der Waals surface area contributed by atoms with Crippen LogP contribution in [0.25, 0.3) is 55.6 Å². The minimum absolute atomic E-state index is 0.156. The van der Waals surface area contributed by atoms with Crippen LogP contribution in [0.5, 0.6) is 0 Å². The summed E-state index contributed by atoms with van der Waals surface area (Å²) in [6, 6.07) is 75.9. The highest BCUT2D eigenvalue weighted by Gasteiger charge is 2.52. The Balaban J connectivity index is 1.14. The number of benzene rings is 9. The van der Waals surface area contributed by atoms with Gasteiger partial charge in [0.2, 0.25) is 0 Å². The van der Waals surface area contributed by atoms with Crippen molar-refractivity contribution in [2.24, 2.45) is 0 Å². The first kappa shape index (κ1) is 35.5. The van der Waals surface area contributed by atoms with E-state index in [-0.39, 0.29) is 10.8 Å². The predicted octanol–water partition coefficient (Wildman–Crippen LogP) is 15.8. The molecule has 0 unspecified atom stereocenters. The highest BCUT2D eigenvalue weighted by Crippen LogP contribution is 2.65. The molecule has 1 spiro atoms. The van der Waals surface area contributed by atoms with Gasteiger partial charge in [0.1, 0.15) is 0 Å². The van der Waals surface area contributed by atoms with E-state index in [2.05, 4.69) is 233 Å². The van der Waals surface area contributed by atoms with Crippen LogP contribution in [0.4, 0.5) is 17.1 Å². The molecule has 1 heteroatoms. The zero-order valence-electron chi connectivity index (χ0n) is 35.5. The SMILES string of the molecule is CC1(C)c2ccccc2-c2ccc(N(c3cc(-c4ccccc4)c4c(c3)C(C)(C)c3ccccc3-4)c3cccc4c3-c3ccccc3C43c4ccccc4-c4ccccc43)cc21. The van der Waals surface area contributed by atoms with E-state index in [4.69, 9.17) is 0 Å². The van der Waals surface area contributed by atoms with Gasteiger partial charge in [-0.15, -0.1) is 0 Å². The molecule has 13 rings (SSSR count). The molecule has 1 nitrogen and oxygen atoms in total. The van der Waals surface area contributed by atoms with E-state index in [1.54, 1.807) is 0 Å². The average Bonchev–Trinajstić information content (AvgIpc) is 3.95. The molecule has 0 saturated heterocycles. The smallest absolute Gasteiger partial charge is 0.0726 e. The van der Waals surface area contributed by atoms with Crippen molar-refractivity contribution in [2.75, 3.05) is 4.90 Å². The minimum atomic E-state index is -0.445. The van der Waals surface area contributed by atoms with Gasteiger partial charge >= 0.3 is 0 Å². The summed E-state index contributed by atoms with van der Waals surface area (Å²) in [5.41, 5.74) is 26.6. The van der Waals surface area contributed by atoms with Crippen molar-refractivity contribution < 1.29 is 0 Å². The number of rotatable bonds is 4. The van der Waals surface area contributed by atoms with Crippen LogP contribution < -0.4 is 4.90 Å². The third-order valence-electron chi connectivity index (χ3n) is 15.1. The Kier molecular flexibility index (Phi) is 7.12. The lowest BCUT2D eigenvalue weighted by atomic mass is 9.70. The first-order chi connectivity index (χ1) is 30.3. The fourth-order valence-electron chi connectivity index (χ4n) is 12.3. The van der Waals surface area contributed by atoms with Gasteiger partial charge < -0.3 is 4.90 Å². The maximum Gasteiger partial charge on any atom is 0.0726 e. The summed E-state index contributed by atoms with van der Waals surface area (Å²) in [5, 5.41) is 0. The van der Waals surface area contributed by atoms with Gasteiger partial charge in [-0.05, 0) is 125 Å². The van der Waals surface area contributed by atoms with E-state index in [1.165, 1.54) is 106 Å². The molecule has 0 N–H and O–H groups in total. The fourth-order valence-corrected chi connectivity index (χ4v) is 12.3. The molecule has 0 heterocycles. The lowest BCUT2D eigenvalue weighted by Gasteiger charge is -2.33. The largest absolute Gasteiger partial charge is 0.310 e. The Morgan fingerprint density at radius 3 is 1.39 bits per heavy atom. The second-order valence-corrected chi connectivity index (χ2v) is 18.8. The van der Waals surface area contributed by atoms with E-state index in [0.717, 1.165) is 11.4 Å². The number of nitrogens with zero attached hydrogens (tertiary/aromatic N) is 1. The van der Waals surface area contributed by atoms with Crippen LogP contribution in [0, 0.1) is 0 Å². The van der Waals surface area contributed by atoms with Crippen LogP contribution in [0.3, 0.4) is 0 Å².